The molecule has 0 spiro atoms. The van der Waals surface area contributed by atoms with Crippen molar-refractivity contribution in [1.82, 2.24) is 20.2 Å². The van der Waals surface area contributed by atoms with Crippen LogP contribution in [0, 0.1) is 0 Å². The van der Waals surface area contributed by atoms with Crippen molar-refractivity contribution in [2.75, 3.05) is 13.7 Å². The van der Waals surface area contributed by atoms with E-state index in [1.165, 1.54) is 6.07 Å². The van der Waals surface area contributed by atoms with Gasteiger partial charge < -0.3 is 24.7 Å². The maximum atomic E-state index is 12.9. The summed E-state index contributed by atoms with van der Waals surface area (Å²) in [6.45, 7) is 0.258. The van der Waals surface area contributed by atoms with Gasteiger partial charge in [-0.05, 0) is 30.7 Å². The average Bonchev–Trinajstić information content (AvgIpc) is 3.08. The predicted octanol–water partition coefficient (Wildman–Crippen LogP) is 3.83. The van der Waals surface area contributed by atoms with Crippen molar-refractivity contribution in [3.8, 4) is 11.5 Å². The number of hydrogen-bond donors (Lipinski definition) is 2. The predicted molar refractivity (Wildman–Crippen MR) is 117 cm³/mol. The molecule has 0 aliphatic carbocycles. The molecule has 0 saturated carbocycles. The second kappa shape index (κ2) is 10.6. The highest BCUT2D eigenvalue weighted by atomic mass is 19.3. The third-order valence-electron chi connectivity index (χ3n) is 4.69. The molecule has 0 saturated heterocycles. The van der Waals surface area contributed by atoms with Gasteiger partial charge in [-0.3, -0.25) is 4.99 Å². The van der Waals surface area contributed by atoms with Crippen LogP contribution in [0.15, 0.2) is 47.5 Å². The van der Waals surface area contributed by atoms with E-state index < -0.39 is 6.61 Å². The zero-order valence-corrected chi connectivity index (χ0v) is 17.9. The van der Waals surface area contributed by atoms with Gasteiger partial charge in [-0.2, -0.15) is 8.78 Å². The van der Waals surface area contributed by atoms with Crippen LogP contribution in [0.4, 0.5) is 8.78 Å². The number of aliphatic imine (C=N–C) groups is 1. The SMILES string of the molecule is CCCOc1ccc(CNC(=NC)NCc2nc3ccccc3n2C)c(OC(F)F)c1. The minimum atomic E-state index is -2.92. The highest BCUT2D eigenvalue weighted by Gasteiger charge is 2.13. The maximum Gasteiger partial charge on any atom is 0.387 e. The summed E-state index contributed by atoms with van der Waals surface area (Å²) < 4.78 is 37.9. The van der Waals surface area contributed by atoms with E-state index in [9.17, 15) is 8.78 Å². The van der Waals surface area contributed by atoms with Crippen molar-refractivity contribution >= 4 is 17.0 Å². The molecule has 0 amide bonds. The van der Waals surface area contributed by atoms with Gasteiger partial charge in [0.2, 0.25) is 0 Å². The molecule has 0 fully saturated rings. The molecule has 166 valence electrons. The monoisotopic (exact) mass is 431 g/mol. The number of aryl methyl sites for hydroxylation is 1. The number of guanidine groups is 1. The molecule has 3 aromatic rings. The minimum Gasteiger partial charge on any atom is -0.493 e. The summed E-state index contributed by atoms with van der Waals surface area (Å²) in [7, 11) is 3.60. The number of alkyl halides is 2. The summed E-state index contributed by atoms with van der Waals surface area (Å²) in [6.07, 6.45) is 0.821. The number of nitrogens with zero attached hydrogens (tertiary/aromatic N) is 3. The van der Waals surface area contributed by atoms with Gasteiger partial charge in [0.25, 0.3) is 0 Å². The van der Waals surface area contributed by atoms with Crippen LogP contribution in [0.2, 0.25) is 0 Å². The maximum absolute atomic E-state index is 12.9. The lowest BCUT2D eigenvalue weighted by molar-refractivity contribution is -0.0505. The molecule has 0 radical (unpaired) electrons. The highest BCUT2D eigenvalue weighted by molar-refractivity contribution is 5.80. The third-order valence-corrected chi connectivity index (χ3v) is 4.69. The average molecular weight is 431 g/mol. The second-order valence-electron chi connectivity index (χ2n) is 6.85. The topological polar surface area (TPSA) is 72.7 Å². The number of nitrogens with one attached hydrogen (secondary N) is 2. The van der Waals surface area contributed by atoms with E-state index >= 15 is 0 Å². The zero-order valence-electron chi connectivity index (χ0n) is 17.9. The van der Waals surface area contributed by atoms with Gasteiger partial charge >= 0.3 is 6.61 Å². The molecule has 7 nitrogen and oxygen atoms in total. The number of para-hydroxylation sites is 2. The molecule has 9 heteroatoms. The summed E-state index contributed by atoms with van der Waals surface area (Å²) in [5.74, 6) is 1.93. The lowest BCUT2D eigenvalue weighted by Gasteiger charge is -2.16. The van der Waals surface area contributed by atoms with Crippen LogP contribution in [-0.4, -0.2) is 35.8 Å². The summed E-state index contributed by atoms with van der Waals surface area (Å²) in [4.78, 5) is 8.81. The molecule has 1 aromatic heterocycles. The molecule has 1 heterocycles. The quantitative estimate of drug-likeness (QED) is 0.398. The highest BCUT2D eigenvalue weighted by Crippen LogP contribution is 2.26. The van der Waals surface area contributed by atoms with Crippen molar-refractivity contribution in [3.05, 3.63) is 53.9 Å². The van der Waals surface area contributed by atoms with Crippen LogP contribution >= 0.6 is 0 Å². The first-order chi connectivity index (χ1) is 15.0. The molecule has 3 rings (SSSR count). The number of halogens is 2. The van der Waals surface area contributed by atoms with Crippen LogP contribution in [0.1, 0.15) is 24.7 Å². The van der Waals surface area contributed by atoms with Gasteiger partial charge in [0.05, 0.1) is 24.2 Å². The molecule has 0 bridgehead atoms. The van der Waals surface area contributed by atoms with Gasteiger partial charge in [0.1, 0.15) is 17.3 Å². The number of rotatable bonds is 9. The number of benzene rings is 2. The van der Waals surface area contributed by atoms with Crippen LogP contribution < -0.4 is 20.1 Å². The Morgan fingerprint density at radius 3 is 2.65 bits per heavy atom. The fraction of sp³-hybridized carbons (Fsp3) is 0.364. The largest absolute Gasteiger partial charge is 0.493 e. The lowest BCUT2D eigenvalue weighted by atomic mass is 10.2. The normalized spacial score (nSPS) is 11.7. The van der Waals surface area contributed by atoms with Crippen molar-refractivity contribution in [2.24, 2.45) is 12.0 Å². The molecular weight excluding hydrogens is 404 g/mol. The van der Waals surface area contributed by atoms with Crippen LogP contribution in [0.3, 0.4) is 0 Å². The standard InChI is InChI=1S/C22H27F2N5O2/c1-4-11-30-16-10-9-15(19(12-16)31-21(23)24)13-26-22(25-2)27-14-20-28-17-7-5-6-8-18(17)29(20)3/h5-10,12,21H,4,11,13-14H2,1-3H3,(H2,25,26,27). The van der Waals surface area contributed by atoms with E-state index in [2.05, 4.69) is 25.3 Å². The summed E-state index contributed by atoms with van der Waals surface area (Å²) in [5, 5.41) is 6.32. The number of imidazole rings is 1. The fourth-order valence-electron chi connectivity index (χ4n) is 3.11. The molecule has 0 unspecified atom stereocenters. The van der Waals surface area contributed by atoms with Gasteiger partial charge in [0.15, 0.2) is 5.96 Å². The van der Waals surface area contributed by atoms with Crippen molar-refractivity contribution < 1.29 is 18.3 Å². The summed E-state index contributed by atoms with van der Waals surface area (Å²) >= 11 is 0. The Balaban J connectivity index is 1.64. The third kappa shape index (κ3) is 5.84. The zero-order chi connectivity index (χ0) is 22.2. The Morgan fingerprint density at radius 1 is 1.16 bits per heavy atom. The van der Waals surface area contributed by atoms with Gasteiger partial charge in [-0.25, -0.2) is 4.98 Å². The van der Waals surface area contributed by atoms with E-state index in [-0.39, 0.29) is 12.3 Å². The first-order valence-electron chi connectivity index (χ1n) is 10.1. The summed E-state index contributed by atoms with van der Waals surface area (Å²) in [6, 6.07) is 12.8. The van der Waals surface area contributed by atoms with E-state index in [0.717, 1.165) is 23.3 Å². The number of fused-ring (bicyclic) bond motifs is 1. The molecule has 0 aliphatic heterocycles. The van der Waals surface area contributed by atoms with Gasteiger partial charge in [0, 0.05) is 32.3 Å². The van der Waals surface area contributed by atoms with E-state index in [0.29, 0.717) is 30.4 Å². The van der Waals surface area contributed by atoms with Crippen molar-refractivity contribution in [3.63, 3.8) is 0 Å². The molecule has 0 atom stereocenters. The van der Waals surface area contributed by atoms with E-state index in [1.54, 1.807) is 19.2 Å². The van der Waals surface area contributed by atoms with Crippen LogP contribution in [-0.2, 0) is 20.1 Å². The first-order valence-corrected chi connectivity index (χ1v) is 10.1. The van der Waals surface area contributed by atoms with Crippen molar-refractivity contribution in [1.29, 1.82) is 0 Å². The lowest BCUT2D eigenvalue weighted by Crippen LogP contribution is -2.37. The Morgan fingerprint density at radius 2 is 1.94 bits per heavy atom. The number of aromatic nitrogens is 2. The molecule has 2 aromatic carbocycles. The molecule has 0 aliphatic rings. The van der Waals surface area contributed by atoms with Gasteiger partial charge in [-0.1, -0.05) is 19.1 Å². The Labute approximate surface area is 180 Å². The summed E-state index contributed by atoms with van der Waals surface area (Å²) in [5.41, 5.74) is 2.53. The van der Waals surface area contributed by atoms with E-state index in [4.69, 9.17) is 4.74 Å². The Hall–Kier alpha value is -3.36. The number of hydrogen-bond acceptors (Lipinski definition) is 4. The minimum absolute atomic E-state index is 0.0712. The van der Waals surface area contributed by atoms with Gasteiger partial charge in [-0.15, -0.1) is 0 Å². The molecule has 31 heavy (non-hydrogen) atoms. The van der Waals surface area contributed by atoms with Crippen LogP contribution in [0.5, 0.6) is 11.5 Å². The Kier molecular flexibility index (Phi) is 7.64. The fourth-order valence-corrected chi connectivity index (χ4v) is 3.11. The van der Waals surface area contributed by atoms with E-state index in [1.807, 2.05) is 42.8 Å². The van der Waals surface area contributed by atoms with Crippen molar-refractivity contribution in [2.45, 2.75) is 33.0 Å². The van der Waals surface area contributed by atoms with Crippen LogP contribution in [0.25, 0.3) is 11.0 Å². The Bertz CT molecular complexity index is 1040. The molecule has 2 N–H and O–H groups in total. The number of ether oxygens (including phenoxy) is 2. The first kappa shape index (κ1) is 22.3. The second-order valence-corrected chi connectivity index (χ2v) is 6.85. The smallest absolute Gasteiger partial charge is 0.387 e. The molecular formula is C22H27F2N5O2.